The lowest BCUT2D eigenvalue weighted by molar-refractivity contribution is 0.400. The molecule has 0 spiro atoms. The summed E-state index contributed by atoms with van der Waals surface area (Å²) in [4.78, 5) is 22.3. The van der Waals surface area contributed by atoms with Crippen LogP contribution in [0.2, 0.25) is 0 Å². The zero-order valence-electron chi connectivity index (χ0n) is 20.3. The normalized spacial score (nSPS) is 14.0. The van der Waals surface area contributed by atoms with E-state index < -0.39 is 11.5 Å². The smallest absolute Gasteiger partial charge is 0.380 e. The monoisotopic (exact) mass is 499 g/mol. The molecule has 184 valence electrons. The van der Waals surface area contributed by atoms with E-state index in [0.29, 0.717) is 17.3 Å². The van der Waals surface area contributed by atoms with E-state index in [2.05, 4.69) is 39.6 Å². The summed E-state index contributed by atoms with van der Waals surface area (Å²) in [5.41, 5.74) is 3.26. The Labute approximate surface area is 217 Å². The minimum atomic E-state index is -0.544. The Bertz CT molecular complexity index is 1890. The molecule has 0 amide bonds. The summed E-state index contributed by atoms with van der Waals surface area (Å²) in [5.74, 6) is 1.38. The summed E-state index contributed by atoms with van der Waals surface area (Å²) < 4.78 is 17.1. The maximum absolute atomic E-state index is 13.2. The fraction of sp³-hybridized carbons (Fsp3) is 0.0645. The summed E-state index contributed by atoms with van der Waals surface area (Å²) in [5, 5.41) is 6.39. The molecule has 2 aromatic heterocycles. The molecule has 1 unspecified atom stereocenters. The Hall–Kier alpha value is -5.17. The Kier molecular flexibility index (Phi) is 5.07. The fourth-order valence-electron chi connectivity index (χ4n) is 5.23. The van der Waals surface area contributed by atoms with Crippen molar-refractivity contribution in [1.82, 2.24) is 9.97 Å². The molecule has 3 heterocycles. The molecule has 0 fully saturated rings. The number of methoxy groups -OCH3 is 1. The van der Waals surface area contributed by atoms with Crippen molar-refractivity contribution < 1.29 is 13.9 Å². The van der Waals surface area contributed by atoms with E-state index in [4.69, 9.17) is 13.9 Å². The van der Waals surface area contributed by atoms with Crippen molar-refractivity contribution in [2.45, 2.75) is 5.92 Å². The third-order valence-electron chi connectivity index (χ3n) is 6.92. The van der Waals surface area contributed by atoms with Crippen molar-refractivity contribution in [3.8, 4) is 17.4 Å². The molecule has 7 rings (SSSR count). The van der Waals surface area contributed by atoms with Crippen LogP contribution in [0, 0.1) is 0 Å². The Morgan fingerprint density at radius 1 is 0.816 bits per heavy atom. The van der Waals surface area contributed by atoms with Crippen LogP contribution < -0.4 is 20.4 Å². The van der Waals surface area contributed by atoms with Gasteiger partial charge in [-0.2, -0.15) is 0 Å². The molecule has 1 aliphatic heterocycles. The van der Waals surface area contributed by atoms with Gasteiger partial charge < -0.3 is 19.2 Å². The topological polar surface area (TPSA) is 86.5 Å². The lowest BCUT2D eigenvalue weighted by Gasteiger charge is -2.30. The van der Waals surface area contributed by atoms with Crippen molar-refractivity contribution in [2.24, 2.45) is 0 Å². The van der Waals surface area contributed by atoms with Gasteiger partial charge in [-0.15, -0.1) is 0 Å². The molecule has 0 bridgehead atoms. The van der Waals surface area contributed by atoms with Gasteiger partial charge in [0.1, 0.15) is 23.5 Å². The van der Waals surface area contributed by atoms with Crippen molar-refractivity contribution in [3.05, 3.63) is 124 Å². The summed E-state index contributed by atoms with van der Waals surface area (Å²) in [6.07, 6.45) is 1.43. The first kappa shape index (κ1) is 22.1. The fourth-order valence-corrected chi connectivity index (χ4v) is 5.23. The summed E-state index contributed by atoms with van der Waals surface area (Å²) in [6.45, 7) is 0. The number of hydrogen-bond acceptors (Lipinski definition) is 7. The van der Waals surface area contributed by atoms with Crippen LogP contribution >= 0.6 is 0 Å². The largest absolute Gasteiger partial charge is 0.497 e. The number of ether oxygens (including phenoxy) is 2. The first-order chi connectivity index (χ1) is 18.7. The molecule has 6 aromatic rings. The minimum Gasteiger partial charge on any atom is -0.497 e. The molecule has 7 nitrogen and oxygen atoms in total. The van der Waals surface area contributed by atoms with Gasteiger partial charge in [0, 0.05) is 22.6 Å². The molecule has 7 heteroatoms. The van der Waals surface area contributed by atoms with Crippen LogP contribution in [0.15, 0.2) is 107 Å². The molecular weight excluding hydrogens is 478 g/mol. The number of benzene rings is 4. The van der Waals surface area contributed by atoms with Crippen LogP contribution in [-0.2, 0) is 0 Å². The van der Waals surface area contributed by atoms with Crippen molar-refractivity contribution in [2.75, 3.05) is 12.4 Å². The van der Waals surface area contributed by atoms with Crippen molar-refractivity contribution in [3.63, 3.8) is 0 Å². The SMILES string of the molecule is COc1ccc(Nc2ncnc3c2C(c2cccc4ccccc24)c2c(c(=O)oc4ccccc24)O3)cc1. The van der Waals surface area contributed by atoms with Crippen LogP contribution in [0.25, 0.3) is 21.7 Å². The van der Waals surface area contributed by atoms with Gasteiger partial charge in [0.2, 0.25) is 11.6 Å². The Balaban J connectivity index is 1.53. The highest BCUT2D eigenvalue weighted by Crippen LogP contribution is 2.51. The van der Waals surface area contributed by atoms with Gasteiger partial charge in [-0.1, -0.05) is 60.7 Å². The number of fused-ring (bicyclic) bond motifs is 5. The van der Waals surface area contributed by atoms with Crippen LogP contribution in [0.4, 0.5) is 11.5 Å². The molecule has 1 N–H and O–H groups in total. The van der Waals surface area contributed by atoms with Gasteiger partial charge >= 0.3 is 5.63 Å². The summed E-state index contributed by atoms with van der Waals surface area (Å²) in [7, 11) is 1.63. The van der Waals surface area contributed by atoms with Gasteiger partial charge in [-0.05, 0) is 46.7 Å². The molecule has 0 aliphatic carbocycles. The third-order valence-corrected chi connectivity index (χ3v) is 6.92. The highest BCUT2D eigenvalue weighted by atomic mass is 16.5. The number of para-hydroxylation sites is 1. The van der Waals surface area contributed by atoms with Gasteiger partial charge in [-0.25, -0.2) is 14.8 Å². The number of nitrogens with one attached hydrogen (secondary N) is 1. The highest BCUT2D eigenvalue weighted by molar-refractivity contribution is 5.91. The van der Waals surface area contributed by atoms with E-state index in [0.717, 1.165) is 44.3 Å². The summed E-state index contributed by atoms with van der Waals surface area (Å²) >= 11 is 0. The van der Waals surface area contributed by atoms with Crippen molar-refractivity contribution >= 4 is 33.2 Å². The maximum atomic E-state index is 13.2. The lowest BCUT2D eigenvalue weighted by atomic mass is 9.80. The highest BCUT2D eigenvalue weighted by Gasteiger charge is 2.37. The molecule has 1 aliphatic rings. The lowest BCUT2D eigenvalue weighted by Crippen LogP contribution is -2.20. The number of hydrogen-bond donors (Lipinski definition) is 1. The summed E-state index contributed by atoms with van der Waals surface area (Å²) in [6, 6.07) is 29.5. The van der Waals surface area contributed by atoms with Crippen LogP contribution in [0.3, 0.4) is 0 Å². The van der Waals surface area contributed by atoms with Crippen molar-refractivity contribution in [1.29, 1.82) is 0 Å². The van der Waals surface area contributed by atoms with Crippen LogP contribution in [-0.4, -0.2) is 17.1 Å². The average Bonchev–Trinajstić information content (AvgIpc) is 2.96. The first-order valence-corrected chi connectivity index (χ1v) is 12.2. The van der Waals surface area contributed by atoms with E-state index in [-0.39, 0.29) is 5.75 Å². The molecule has 0 saturated heterocycles. The third kappa shape index (κ3) is 3.48. The van der Waals surface area contributed by atoms with E-state index in [1.807, 2.05) is 60.7 Å². The predicted molar refractivity (Wildman–Crippen MR) is 146 cm³/mol. The Morgan fingerprint density at radius 2 is 1.58 bits per heavy atom. The molecule has 0 radical (unpaired) electrons. The second-order valence-corrected chi connectivity index (χ2v) is 9.03. The van der Waals surface area contributed by atoms with Crippen LogP contribution in [0.5, 0.6) is 17.4 Å². The second kappa shape index (κ2) is 8.74. The van der Waals surface area contributed by atoms with Gasteiger partial charge in [0.25, 0.3) is 0 Å². The quantitative estimate of drug-likeness (QED) is 0.267. The molecule has 4 aromatic carbocycles. The maximum Gasteiger partial charge on any atom is 0.380 e. The predicted octanol–water partition coefficient (Wildman–Crippen LogP) is 6.77. The zero-order valence-corrected chi connectivity index (χ0v) is 20.3. The van der Waals surface area contributed by atoms with Gasteiger partial charge in [-0.3, -0.25) is 0 Å². The zero-order chi connectivity index (χ0) is 25.6. The van der Waals surface area contributed by atoms with Crippen LogP contribution in [0.1, 0.15) is 22.6 Å². The number of aromatic nitrogens is 2. The second-order valence-electron chi connectivity index (χ2n) is 9.03. The van der Waals surface area contributed by atoms with E-state index in [9.17, 15) is 4.79 Å². The minimum absolute atomic E-state index is 0.142. The first-order valence-electron chi connectivity index (χ1n) is 12.2. The number of rotatable bonds is 4. The molecule has 38 heavy (non-hydrogen) atoms. The van der Waals surface area contributed by atoms with Gasteiger partial charge in [0.05, 0.1) is 12.7 Å². The average molecular weight is 500 g/mol. The standard InChI is InChI=1S/C31H21N3O4/c1-36-20-15-13-19(14-16-20)34-29-27-25(22-11-6-8-18-7-2-3-9-21(18)22)26-23-10-4-5-12-24(23)37-31(35)28(26)38-30(27)33-17-32-29/h2-17,25H,1H3,(H,32,33,34). The molecule has 0 saturated carbocycles. The van der Waals surface area contributed by atoms with E-state index >= 15 is 0 Å². The molecule has 1 atom stereocenters. The number of nitrogens with zero attached hydrogens (tertiary/aromatic N) is 2. The van der Waals surface area contributed by atoms with E-state index in [1.54, 1.807) is 13.2 Å². The Morgan fingerprint density at radius 3 is 2.42 bits per heavy atom. The number of anilines is 2. The van der Waals surface area contributed by atoms with E-state index in [1.165, 1.54) is 6.33 Å². The molecular formula is C31H21N3O4. The van der Waals surface area contributed by atoms with Gasteiger partial charge in [0.15, 0.2) is 0 Å².